The molecule has 0 spiro atoms. The van der Waals surface area contributed by atoms with E-state index in [1.54, 1.807) is 0 Å². The van der Waals surface area contributed by atoms with Crippen molar-refractivity contribution in [3.8, 4) is 0 Å². The largest absolute Gasteiger partial charge is 0.293 e. The molecule has 0 aliphatic rings. The average molecular weight is 241 g/mol. The summed E-state index contributed by atoms with van der Waals surface area (Å²) < 4.78 is 13.1. The van der Waals surface area contributed by atoms with Crippen molar-refractivity contribution in [3.05, 3.63) is 33.6 Å². The molecule has 0 aromatic heterocycles. The first kappa shape index (κ1) is 10.8. The molecule has 1 rings (SSSR count). The molecule has 13 heavy (non-hydrogen) atoms. The van der Waals surface area contributed by atoms with Crippen LogP contribution in [0.2, 0.25) is 10.0 Å². The number of hydrogen-bond acceptors (Lipinski definition) is 1. The highest BCUT2D eigenvalue weighted by Crippen LogP contribution is 2.24. The summed E-state index contributed by atoms with van der Waals surface area (Å²) in [7, 11) is 0. The quantitative estimate of drug-likeness (QED) is 0.571. The lowest BCUT2D eigenvalue weighted by molar-refractivity contribution is 0.101. The summed E-state index contributed by atoms with van der Waals surface area (Å²) in [6.07, 6.45) is 0. The molecule has 0 radical (unpaired) electrons. The van der Waals surface area contributed by atoms with Crippen molar-refractivity contribution in [2.45, 2.75) is 0 Å². The molecule has 0 bridgehead atoms. The van der Waals surface area contributed by atoms with E-state index in [1.807, 2.05) is 0 Å². The van der Waals surface area contributed by atoms with Gasteiger partial charge in [0.25, 0.3) is 0 Å². The van der Waals surface area contributed by atoms with Crippen LogP contribution < -0.4 is 0 Å². The fourth-order valence-corrected chi connectivity index (χ4v) is 1.58. The van der Waals surface area contributed by atoms with Gasteiger partial charge in [0.1, 0.15) is 5.82 Å². The van der Waals surface area contributed by atoms with Crippen molar-refractivity contribution in [1.82, 2.24) is 0 Å². The molecule has 70 valence electrons. The zero-order valence-corrected chi connectivity index (χ0v) is 8.55. The van der Waals surface area contributed by atoms with Gasteiger partial charge in [-0.1, -0.05) is 23.2 Å². The molecule has 5 heteroatoms. The van der Waals surface area contributed by atoms with E-state index in [9.17, 15) is 9.18 Å². The normalized spacial score (nSPS) is 10.2. The third kappa shape index (κ3) is 2.33. The lowest BCUT2D eigenvalue weighted by Crippen LogP contribution is -2.04. The van der Waals surface area contributed by atoms with Crippen LogP contribution in [-0.4, -0.2) is 11.7 Å². The molecule has 0 aliphatic heterocycles. The maximum Gasteiger partial charge on any atom is 0.182 e. The monoisotopic (exact) mass is 240 g/mol. The van der Waals surface area contributed by atoms with E-state index in [2.05, 4.69) is 0 Å². The molecule has 0 atom stereocenters. The number of ketones is 1. The SMILES string of the molecule is O=C(CCl)c1c(F)cc(Cl)cc1Cl. The molecule has 0 heterocycles. The molecule has 0 saturated carbocycles. The van der Waals surface area contributed by atoms with Crippen molar-refractivity contribution < 1.29 is 9.18 Å². The van der Waals surface area contributed by atoms with Crippen LogP contribution in [0.15, 0.2) is 12.1 Å². The van der Waals surface area contributed by atoms with Gasteiger partial charge >= 0.3 is 0 Å². The third-order valence-electron chi connectivity index (χ3n) is 1.41. The Bertz CT molecular complexity index is 328. The maximum atomic E-state index is 13.1. The summed E-state index contributed by atoms with van der Waals surface area (Å²) in [5, 5.41) is 0.129. The highest BCUT2D eigenvalue weighted by molar-refractivity contribution is 6.39. The minimum Gasteiger partial charge on any atom is -0.293 e. The summed E-state index contributed by atoms with van der Waals surface area (Å²) in [6, 6.07) is 2.32. The van der Waals surface area contributed by atoms with Gasteiger partial charge in [0, 0.05) is 5.02 Å². The first-order chi connectivity index (χ1) is 6.06. The topological polar surface area (TPSA) is 17.1 Å². The average Bonchev–Trinajstić information content (AvgIpc) is 2.02. The molecule has 1 nitrogen and oxygen atoms in total. The van der Waals surface area contributed by atoms with Crippen LogP contribution in [0.25, 0.3) is 0 Å². The van der Waals surface area contributed by atoms with Gasteiger partial charge in [-0.2, -0.15) is 0 Å². The van der Waals surface area contributed by atoms with Gasteiger partial charge in [0.15, 0.2) is 5.78 Å². The Kier molecular flexibility index (Phi) is 3.54. The second-order valence-corrected chi connectivity index (χ2v) is 3.41. The lowest BCUT2D eigenvalue weighted by Gasteiger charge is -2.02. The van der Waals surface area contributed by atoms with Crippen LogP contribution in [0.1, 0.15) is 10.4 Å². The number of Topliss-reactive ketones (excluding diaryl/α,β-unsaturated/α-hetero) is 1. The Morgan fingerprint density at radius 2 is 2.00 bits per heavy atom. The summed E-state index contributed by atoms with van der Waals surface area (Å²) in [5.41, 5.74) is -0.207. The van der Waals surface area contributed by atoms with Gasteiger partial charge in [-0.15, -0.1) is 11.6 Å². The van der Waals surface area contributed by atoms with E-state index in [0.717, 1.165) is 6.07 Å². The summed E-state index contributed by atoms with van der Waals surface area (Å²) in [5.74, 6) is -1.61. The Morgan fingerprint density at radius 3 is 2.46 bits per heavy atom. The van der Waals surface area contributed by atoms with Crippen LogP contribution in [0, 0.1) is 5.82 Å². The minimum absolute atomic E-state index is 0.0179. The molecule has 0 unspecified atom stereocenters. The third-order valence-corrected chi connectivity index (χ3v) is 2.17. The number of carbonyl (C=O) groups excluding carboxylic acids is 1. The van der Waals surface area contributed by atoms with Gasteiger partial charge in [0.05, 0.1) is 16.5 Å². The van der Waals surface area contributed by atoms with Crippen molar-refractivity contribution >= 4 is 40.6 Å². The van der Waals surface area contributed by atoms with Crippen molar-refractivity contribution in [1.29, 1.82) is 0 Å². The number of hydrogen-bond donors (Lipinski definition) is 0. The van der Waals surface area contributed by atoms with Gasteiger partial charge in [-0.25, -0.2) is 4.39 Å². The number of rotatable bonds is 2. The lowest BCUT2D eigenvalue weighted by atomic mass is 10.1. The standard InChI is InChI=1S/C8H4Cl3FO/c9-3-7(13)8-5(11)1-4(10)2-6(8)12/h1-2H,3H2. The van der Waals surface area contributed by atoms with Crippen LogP contribution in [0.4, 0.5) is 4.39 Å². The van der Waals surface area contributed by atoms with E-state index < -0.39 is 11.6 Å². The van der Waals surface area contributed by atoms with E-state index in [-0.39, 0.29) is 21.5 Å². The second kappa shape index (κ2) is 4.27. The fourth-order valence-electron chi connectivity index (χ4n) is 0.875. The van der Waals surface area contributed by atoms with E-state index in [4.69, 9.17) is 34.8 Å². The molecule has 1 aromatic rings. The zero-order valence-electron chi connectivity index (χ0n) is 6.28. The Balaban J connectivity index is 3.28. The van der Waals surface area contributed by atoms with Gasteiger partial charge < -0.3 is 0 Å². The number of halogens is 4. The van der Waals surface area contributed by atoms with Crippen LogP contribution in [0.5, 0.6) is 0 Å². The summed E-state index contributed by atoms with van der Waals surface area (Å²) >= 11 is 16.4. The Morgan fingerprint density at radius 1 is 1.38 bits per heavy atom. The molecular weight excluding hydrogens is 237 g/mol. The van der Waals surface area contributed by atoms with Crippen LogP contribution >= 0.6 is 34.8 Å². The Labute approximate surface area is 89.4 Å². The zero-order chi connectivity index (χ0) is 10.0. The van der Waals surface area contributed by atoms with E-state index >= 15 is 0 Å². The molecular formula is C8H4Cl3FO. The van der Waals surface area contributed by atoms with E-state index in [0.29, 0.717) is 0 Å². The smallest absolute Gasteiger partial charge is 0.182 e. The van der Waals surface area contributed by atoms with Gasteiger partial charge in [-0.3, -0.25) is 4.79 Å². The van der Waals surface area contributed by atoms with Gasteiger partial charge in [-0.05, 0) is 12.1 Å². The molecule has 1 aromatic carbocycles. The highest BCUT2D eigenvalue weighted by atomic mass is 35.5. The fraction of sp³-hybridized carbons (Fsp3) is 0.125. The summed E-state index contributed by atoms with van der Waals surface area (Å²) in [4.78, 5) is 11.1. The first-order valence-corrected chi connectivity index (χ1v) is 4.59. The second-order valence-electron chi connectivity index (χ2n) is 2.30. The number of benzene rings is 1. The van der Waals surface area contributed by atoms with Gasteiger partial charge in [0.2, 0.25) is 0 Å². The Hall–Kier alpha value is -0.310. The summed E-state index contributed by atoms with van der Waals surface area (Å²) in [6.45, 7) is 0. The predicted molar refractivity (Wildman–Crippen MR) is 51.5 cm³/mol. The minimum atomic E-state index is -0.747. The predicted octanol–water partition coefficient (Wildman–Crippen LogP) is 3.55. The van der Waals surface area contributed by atoms with Crippen molar-refractivity contribution in [3.63, 3.8) is 0 Å². The highest BCUT2D eigenvalue weighted by Gasteiger charge is 2.15. The molecule has 0 amide bonds. The molecule has 0 N–H and O–H groups in total. The molecule has 0 saturated heterocycles. The van der Waals surface area contributed by atoms with Crippen LogP contribution in [0.3, 0.4) is 0 Å². The van der Waals surface area contributed by atoms with Crippen LogP contribution in [-0.2, 0) is 0 Å². The number of carbonyl (C=O) groups is 1. The maximum absolute atomic E-state index is 13.1. The van der Waals surface area contributed by atoms with Crippen molar-refractivity contribution in [2.75, 3.05) is 5.88 Å². The first-order valence-electron chi connectivity index (χ1n) is 3.30. The van der Waals surface area contributed by atoms with E-state index in [1.165, 1.54) is 6.07 Å². The molecule has 0 aliphatic carbocycles. The molecule has 0 fully saturated rings. The number of alkyl halides is 1. The van der Waals surface area contributed by atoms with Crippen molar-refractivity contribution in [2.24, 2.45) is 0 Å².